The van der Waals surface area contributed by atoms with Gasteiger partial charge in [0.1, 0.15) is 5.54 Å². The first-order valence-corrected chi connectivity index (χ1v) is 9.06. The minimum Gasteiger partial charge on any atom is -0.342 e. The zero-order chi connectivity index (χ0) is 18.0. The highest BCUT2D eigenvalue weighted by Crippen LogP contribution is 2.30. The van der Waals surface area contributed by atoms with E-state index >= 15 is 0 Å². The molecular formula is C22H21N3O. The van der Waals surface area contributed by atoms with Crippen LogP contribution in [0, 0.1) is 11.3 Å². The third kappa shape index (κ3) is 2.97. The fourth-order valence-corrected chi connectivity index (χ4v) is 3.87. The van der Waals surface area contributed by atoms with Crippen LogP contribution in [-0.2, 0) is 6.54 Å². The van der Waals surface area contributed by atoms with Gasteiger partial charge in [0.2, 0.25) is 0 Å². The summed E-state index contributed by atoms with van der Waals surface area (Å²) in [6.07, 6.45) is 5.36. The molecule has 1 aliphatic rings. The monoisotopic (exact) mass is 343 g/mol. The first-order chi connectivity index (χ1) is 12.7. The van der Waals surface area contributed by atoms with E-state index in [4.69, 9.17) is 0 Å². The molecule has 0 aliphatic heterocycles. The van der Waals surface area contributed by atoms with Crippen LogP contribution in [0.15, 0.2) is 60.8 Å². The van der Waals surface area contributed by atoms with E-state index < -0.39 is 5.54 Å². The summed E-state index contributed by atoms with van der Waals surface area (Å²) in [7, 11) is 0. The number of rotatable bonds is 4. The number of carbonyl (C=O) groups excluding carboxylic acids is 1. The largest absolute Gasteiger partial charge is 0.342 e. The summed E-state index contributed by atoms with van der Waals surface area (Å²) >= 11 is 0. The van der Waals surface area contributed by atoms with Crippen LogP contribution in [0.1, 0.15) is 41.6 Å². The lowest BCUT2D eigenvalue weighted by molar-refractivity contribution is 0.0922. The fourth-order valence-electron chi connectivity index (χ4n) is 3.87. The van der Waals surface area contributed by atoms with Crippen LogP contribution in [-0.4, -0.2) is 16.0 Å². The van der Waals surface area contributed by atoms with Gasteiger partial charge in [-0.3, -0.25) is 4.79 Å². The van der Waals surface area contributed by atoms with Gasteiger partial charge in [-0.15, -0.1) is 0 Å². The van der Waals surface area contributed by atoms with Gasteiger partial charge in [0.05, 0.1) is 11.6 Å². The number of nitrogens with one attached hydrogen (secondary N) is 1. The Labute approximate surface area is 153 Å². The second-order valence-corrected chi connectivity index (χ2v) is 7.03. The van der Waals surface area contributed by atoms with Crippen molar-refractivity contribution >= 4 is 16.8 Å². The van der Waals surface area contributed by atoms with Crippen LogP contribution in [0.5, 0.6) is 0 Å². The molecule has 1 amide bonds. The van der Waals surface area contributed by atoms with E-state index in [1.54, 1.807) is 0 Å². The van der Waals surface area contributed by atoms with Crippen molar-refractivity contribution in [3.8, 4) is 6.07 Å². The van der Waals surface area contributed by atoms with Gasteiger partial charge in [-0.1, -0.05) is 48.5 Å². The molecule has 3 aromatic rings. The number of benzene rings is 2. The number of amides is 1. The SMILES string of the molecule is N#CC1(NC(=O)c2cn(Cc3ccccc3)c3ccccc23)CCCC1. The maximum Gasteiger partial charge on any atom is 0.254 e. The van der Waals surface area contributed by atoms with E-state index in [1.807, 2.05) is 48.7 Å². The minimum atomic E-state index is -0.709. The molecule has 0 atom stereocenters. The molecule has 0 unspecified atom stereocenters. The van der Waals surface area contributed by atoms with Crippen molar-refractivity contribution in [2.75, 3.05) is 0 Å². The lowest BCUT2D eigenvalue weighted by Gasteiger charge is -2.21. The Morgan fingerprint density at radius 3 is 2.50 bits per heavy atom. The Bertz CT molecular complexity index is 976. The Hall–Kier alpha value is -3.06. The number of para-hydroxylation sites is 1. The molecule has 1 N–H and O–H groups in total. The third-order valence-corrected chi connectivity index (χ3v) is 5.25. The highest BCUT2D eigenvalue weighted by Gasteiger charge is 2.36. The van der Waals surface area contributed by atoms with E-state index in [9.17, 15) is 10.1 Å². The average molecular weight is 343 g/mol. The predicted octanol–water partition coefficient (Wildman–Crippen LogP) is 4.26. The van der Waals surface area contributed by atoms with Crippen molar-refractivity contribution in [2.24, 2.45) is 0 Å². The van der Waals surface area contributed by atoms with Crippen molar-refractivity contribution in [3.05, 3.63) is 71.9 Å². The summed E-state index contributed by atoms with van der Waals surface area (Å²) in [4.78, 5) is 13.0. The zero-order valence-electron chi connectivity index (χ0n) is 14.6. The molecule has 0 saturated heterocycles. The van der Waals surface area contributed by atoms with Crippen molar-refractivity contribution in [1.82, 2.24) is 9.88 Å². The summed E-state index contributed by atoms with van der Waals surface area (Å²) in [5.74, 6) is -0.156. The molecule has 4 rings (SSSR count). The van der Waals surface area contributed by atoms with Gasteiger partial charge < -0.3 is 9.88 Å². The molecule has 0 spiro atoms. The summed E-state index contributed by atoms with van der Waals surface area (Å²) < 4.78 is 2.10. The van der Waals surface area contributed by atoms with Crippen LogP contribution < -0.4 is 5.32 Å². The second-order valence-electron chi connectivity index (χ2n) is 7.03. The number of hydrogen-bond donors (Lipinski definition) is 1. The Morgan fingerprint density at radius 2 is 1.77 bits per heavy atom. The van der Waals surface area contributed by atoms with Gasteiger partial charge >= 0.3 is 0 Å². The number of hydrogen-bond acceptors (Lipinski definition) is 2. The van der Waals surface area contributed by atoms with E-state index in [0.717, 1.165) is 36.6 Å². The van der Waals surface area contributed by atoms with Crippen LogP contribution in [0.2, 0.25) is 0 Å². The maximum atomic E-state index is 13.0. The summed E-state index contributed by atoms with van der Waals surface area (Å²) in [6.45, 7) is 0.706. The van der Waals surface area contributed by atoms with Gasteiger partial charge in [0.25, 0.3) is 5.91 Å². The highest BCUT2D eigenvalue weighted by molar-refractivity contribution is 6.07. The topological polar surface area (TPSA) is 57.8 Å². The summed E-state index contributed by atoms with van der Waals surface area (Å²) in [5, 5.41) is 13.5. The molecule has 4 heteroatoms. The van der Waals surface area contributed by atoms with Gasteiger partial charge in [-0.25, -0.2) is 0 Å². The molecule has 2 aromatic carbocycles. The molecular weight excluding hydrogens is 322 g/mol. The molecule has 0 radical (unpaired) electrons. The van der Waals surface area contributed by atoms with E-state index in [-0.39, 0.29) is 5.91 Å². The lowest BCUT2D eigenvalue weighted by atomic mass is 9.99. The average Bonchev–Trinajstić information content (AvgIpc) is 3.28. The first kappa shape index (κ1) is 16.4. The van der Waals surface area contributed by atoms with Gasteiger partial charge in [-0.05, 0) is 37.3 Å². The van der Waals surface area contributed by atoms with Gasteiger partial charge in [0.15, 0.2) is 0 Å². The predicted molar refractivity (Wildman–Crippen MR) is 102 cm³/mol. The van der Waals surface area contributed by atoms with Crippen LogP contribution in [0.25, 0.3) is 10.9 Å². The molecule has 0 bridgehead atoms. The molecule has 1 saturated carbocycles. The quantitative estimate of drug-likeness (QED) is 0.769. The molecule has 1 heterocycles. The number of fused-ring (bicyclic) bond motifs is 1. The second kappa shape index (κ2) is 6.68. The zero-order valence-corrected chi connectivity index (χ0v) is 14.6. The molecule has 130 valence electrons. The maximum absolute atomic E-state index is 13.0. The summed E-state index contributed by atoms with van der Waals surface area (Å²) in [5.41, 5.74) is 2.14. The van der Waals surface area contributed by atoms with E-state index in [1.165, 1.54) is 5.56 Å². The van der Waals surface area contributed by atoms with Gasteiger partial charge in [0, 0.05) is 23.6 Å². The van der Waals surface area contributed by atoms with Gasteiger partial charge in [-0.2, -0.15) is 5.26 Å². The molecule has 1 aliphatic carbocycles. The normalized spacial score (nSPS) is 15.7. The van der Waals surface area contributed by atoms with Crippen molar-refractivity contribution in [3.63, 3.8) is 0 Å². The minimum absolute atomic E-state index is 0.156. The Morgan fingerprint density at radius 1 is 1.08 bits per heavy atom. The number of aromatic nitrogens is 1. The van der Waals surface area contributed by atoms with Crippen LogP contribution >= 0.6 is 0 Å². The van der Waals surface area contributed by atoms with Crippen LogP contribution in [0.4, 0.5) is 0 Å². The molecule has 1 fully saturated rings. The van der Waals surface area contributed by atoms with E-state index in [2.05, 4.69) is 28.1 Å². The fraction of sp³-hybridized carbons (Fsp3) is 0.273. The van der Waals surface area contributed by atoms with E-state index in [0.29, 0.717) is 12.1 Å². The first-order valence-electron chi connectivity index (χ1n) is 9.06. The Balaban J connectivity index is 1.69. The standard InChI is InChI=1S/C22H21N3O/c23-16-22(12-6-7-13-22)24-21(26)19-15-25(14-17-8-2-1-3-9-17)20-11-5-4-10-18(19)20/h1-5,8-11,15H,6-7,12-14H2,(H,24,26). The van der Waals surface area contributed by atoms with Crippen molar-refractivity contribution in [1.29, 1.82) is 5.26 Å². The van der Waals surface area contributed by atoms with Crippen molar-refractivity contribution < 1.29 is 4.79 Å². The third-order valence-electron chi connectivity index (χ3n) is 5.25. The summed E-state index contributed by atoms with van der Waals surface area (Å²) in [6, 6.07) is 20.5. The van der Waals surface area contributed by atoms with Crippen molar-refractivity contribution in [2.45, 2.75) is 37.8 Å². The molecule has 1 aromatic heterocycles. The molecule has 26 heavy (non-hydrogen) atoms. The smallest absolute Gasteiger partial charge is 0.254 e. The Kier molecular flexibility index (Phi) is 4.22. The highest BCUT2D eigenvalue weighted by atomic mass is 16.1. The number of nitrogens with zero attached hydrogens (tertiary/aromatic N) is 2. The molecule has 4 nitrogen and oxygen atoms in total. The number of carbonyl (C=O) groups is 1. The van der Waals surface area contributed by atoms with Crippen LogP contribution in [0.3, 0.4) is 0 Å². The number of nitriles is 1. The lowest BCUT2D eigenvalue weighted by Crippen LogP contribution is -2.45.